The monoisotopic (exact) mass is 481 g/mol. The highest BCUT2D eigenvalue weighted by molar-refractivity contribution is 6.32. The third kappa shape index (κ3) is 3.95. The topological polar surface area (TPSA) is 100 Å². The molecule has 0 saturated heterocycles. The van der Waals surface area contributed by atoms with Crippen LogP contribution in [0.5, 0.6) is 11.8 Å². The van der Waals surface area contributed by atoms with Crippen LogP contribution >= 0.6 is 11.6 Å². The Balaban J connectivity index is 1.43. The number of aromatic amines is 1. The average molecular weight is 482 g/mol. The number of carbonyl (C=O) groups is 1. The number of allylic oxidation sites excluding steroid dienone is 1. The van der Waals surface area contributed by atoms with Crippen molar-refractivity contribution in [3.05, 3.63) is 81.5 Å². The zero-order chi connectivity index (χ0) is 24.0. The first-order valence-electron chi connectivity index (χ1n) is 10.7. The molecule has 7 nitrogen and oxygen atoms in total. The minimum Gasteiger partial charge on any atom is -0.478 e. The Morgan fingerprint density at radius 2 is 2.15 bits per heavy atom. The fourth-order valence-corrected chi connectivity index (χ4v) is 4.62. The lowest BCUT2D eigenvalue weighted by molar-refractivity contribution is 0.0695. The number of nitrogens with zero attached hydrogens (tertiary/aromatic N) is 2. The summed E-state index contributed by atoms with van der Waals surface area (Å²) in [5.41, 5.74) is 3.30. The molecule has 34 heavy (non-hydrogen) atoms. The molecule has 1 unspecified atom stereocenters. The number of aromatic nitrogens is 3. The largest absolute Gasteiger partial charge is 0.478 e. The predicted octanol–water partition coefficient (Wildman–Crippen LogP) is 5.21. The van der Waals surface area contributed by atoms with Gasteiger partial charge in [-0.3, -0.25) is 0 Å². The van der Waals surface area contributed by atoms with Crippen molar-refractivity contribution >= 4 is 34.5 Å². The van der Waals surface area contributed by atoms with Crippen molar-refractivity contribution in [2.75, 3.05) is 6.61 Å². The minimum atomic E-state index is -1.04. The van der Waals surface area contributed by atoms with Crippen molar-refractivity contribution in [1.29, 1.82) is 0 Å². The van der Waals surface area contributed by atoms with Gasteiger partial charge < -0.3 is 24.5 Å². The van der Waals surface area contributed by atoms with Crippen LogP contribution in [0.1, 0.15) is 38.8 Å². The van der Waals surface area contributed by atoms with E-state index in [0.29, 0.717) is 46.1 Å². The minimum absolute atomic E-state index is 0.0302. The predicted molar refractivity (Wildman–Crippen MR) is 126 cm³/mol. The van der Waals surface area contributed by atoms with Gasteiger partial charge in [0, 0.05) is 41.2 Å². The van der Waals surface area contributed by atoms with Crippen molar-refractivity contribution in [2.24, 2.45) is 0 Å². The summed E-state index contributed by atoms with van der Waals surface area (Å²) in [5, 5.41) is 19.9. The lowest BCUT2D eigenvalue weighted by atomic mass is 9.88. The normalized spacial score (nSPS) is 15.3. The number of benzene rings is 2. The zero-order valence-corrected chi connectivity index (χ0v) is 18.9. The van der Waals surface area contributed by atoms with E-state index >= 15 is 4.39 Å². The summed E-state index contributed by atoms with van der Waals surface area (Å²) in [5.74, 6) is -1.47. The van der Waals surface area contributed by atoms with Gasteiger partial charge in [-0.2, -0.15) is 4.98 Å². The fourth-order valence-electron chi connectivity index (χ4n) is 4.32. The van der Waals surface area contributed by atoms with Gasteiger partial charge in [-0.15, -0.1) is 0 Å². The first-order chi connectivity index (χ1) is 16.3. The molecular weight excluding hydrogens is 461 g/mol. The highest BCUT2D eigenvalue weighted by Gasteiger charge is 2.28. The third-order valence-corrected chi connectivity index (χ3v) is 6.44. The molecule has 0 amide bonds. The summed E-state index contributed by atoms with van der Waals surface area (Å²) < 4.78 is 22.7. The second-order valence-corrected chi connectivity index (χ2v) is 8.68. The Labute approximate surface area is 199 Å². The number of aliphatic hydroxyl groups is 1. The molecule has 2 aromatic carbocycles. The molecule has 0 aliphatic heterocycles. The molecule has 1 aliphatic rings. The number of aryl methyl sites for hydroxylation is 1. The fraction of sp³-hybridized carbons (Fsp3) is 0.200. The van der Waals surface area contributed by atoms with Crippen molar-refractivity contribution in [3.63, 3.8) is 0 Å². The van der Waals surface area contributed by atoms with Crippen LogP contribution < -0.4 is 4.74 Å². The second kappa shape index (κ2) is 8.62. The van der Waals surface area contributed by atoms with Gasteiger partial charge in [-0.05, 0) is 54.5 Å². The summed E-state index contributed by atoms with van der Waals surface area (Å²) in [6.45, 7) is 2.07. The zero-order valence-electron chi connectivity index (χ0n) is 18.2. The second-order valence-electron chi connectivity index (χ2n) is 8.24. The standard InChI is InChI=1S/C25H21ClFN3O4/c1-13-2-3-15(9-16(13)24(32)33)34-25-28-21-10-17(19(26)11-22(21)29-25)18-8-14-4-5-30(6-7-31)23(14)12-20(18)27/h2-5,8-9,11-12,17,31H,6-7,10H2,1H3,(H,28,29)(H,32,33). The molecule has 3 N–H and O–H groups in total. The number of hydrogen-bond acceptors (Lipinski definition) is 4. The number of nitrogens with one attached hydrogen (secondary N) is 1. The smallest absolute Gasteiger partial charge is 0.336 e. The first kappa shape index (κ1) is 22.2. The molecule has 0 saturated carbocycles. The van der Waals surface area contributed by atoms with Crippen molar-refractivity contribution in [1.82, 2.24) is 14.5 Å². The van der Waals surface area contributed by atoms with Crippen LogP contribution in [-0.4, -0.2) is 37.3 Å². The number of aliphatic hydroxyl groups excluding tert-OH is 1. The number of hydrogen-bond donors (Lipinski definition) is 3. The Hall–Kier alpha value is -3.62. The SMILES string of the molecule is Cc1ccc(Oc2nc3c([nH]2)CC(c2cc4ccn(CCO)c4cc2F)C(Cl)=C3)cc1C(=O)O. The van der Waals surface area contributed by atoms with Gasteiger partial charge in [0.05, 0.1) is 23.4 Å². The molecule has 2 heterocycles. The van der Waals surface area contributed by atoms with Gasteiger partial charge in [-0.1, -0.05) is 17.7 Å². The Kier molecular flexibility index (Phi) is 5.63. The van der Waals surface area contributed by atoms with Crippen molar-refractivity contribution in [2.45, 2.75) is 25.8 Å². The Morgan fingerprint density at radius 3 is 2.91 bits per heavy atom. The average Bonchev–Trinajstić information content (AvgIpc) is 3.36. The van der Waals surface area contributed by atoms with E-state index in [1.54, 1.807) is 35.8 Å². The van der Waals surface area contributed by atoms with E-state index in [4.69, 9.17) is 16.3 Å². The van der Waals surface area contributed by atoms with Gasteiger partial charge in [-0.25, -0.2) is 9.18 Å². The van der Waals surface area contributed by atoms with E-state index in [-0.39, 0.29) is 24.0 Å². The molecule has 1 aliphatic carbocycles. The number of rotatable bonds is 6. The van der Waals surface area contributed by atoms with Crippen molar-refractivity contribution < 1.29 is 24.1 Å². The van der Waals surface area contributed by atoms with Crippen molar-refractivity contribution in [3.8, 4) is 11.8 Å². The summed E-state index contributed by atoms with van der Waals surface area (Å²) in [6.07, 6.45) is 3.90. The highest BCUT2D eigenvalue weighted by atomic mass is 35.5. The van der Waals surface area contributed by atoms with Crippen LogP contribution in [0, 0.1) is 12.7 Å². The number of carboxylic acids is 1. The van der Waals surface area contributed by atoms with Gasteiger partial charge in [0.25, 0.3) is 6.01 Å². The van der Waals surface area contributed by atoms with Gasteiger partial charge in [0.2, 0.25) is 0 Å². The van der Waals surface area contributed by atoms with E-state index in [9.17, 15) is 15.0 Å². The maximum atomic E-state index is 15.1. The number of halogens is 2. The summed E-state index contributed by atoms with van der Waals surface area (Å²) in [7, 11) is 0. The molecule has 0 bridgehead atoms. The first-order valence-corrected chi connectivity index (χ1v) is 11.1. The molecule has 9 heteroatoms. The van der Waals surface area contributed by atoms with E-state index in [1.807, 2.05) is 12.3 Å². The number of imidazole rings is 1. The Bertz CT molecular complexity index is 1460. The molecule has 2 aromatic heterocycles. The van der Waals surface area contributed by atoms with Crippen LogP contribution in [0.25, 0.3) is 17.0 Å². The van der Waals surface area contributed by atoms with Crippen LogP contribution in [0.2, 0.25) is 0 Å². The molecule has 0 radical (unpaired) electrons. The van der Waals surface area contributed by atoms with Gasteiger partial charge in [0.1, 0.15) is 11.6 Å². The molecular formula is C25H21ClFN3O4. The van der Waals surface area contributed by atoms with E-state index in [1.165, 1.54) is 12.1 Å². The number of aromatic carboxylic acids is 1. The molecule has 4 aromatic rings. The van der Waals surface area contributed by atoms with Crippen LogP contribution in [0.15, 0.2) is 47.6 Å². The van der Waals surface area contributed by atoms with E-state index < -0.39 is 11.9 Å². The highest BCUT2D eigenvalue weighted by Crippen LogP contribution is 2.40. The quantitative estimate of drug-likeness (QED) is 0.351. The third-order valence-electron chi connectivity index (χ3n) is 6.06. The number of carboxylic acid groups (broad SMARTS) is 1. The lowest BCUT2D eigenvalue weighted by Gasteiger charge is -2.21. The number of fused-ring (bicyclic) bond motifs is 2. The van der Waals surface area contributed by atoms with Crippen LogP contribution in [0.3, 0.4) is 0 Å². The molecule has 5 rings (SSSR count). The lowest BCUT2D eigenvalue weighted by Crippen LogP contribution is -2.11. The maximum absolute atomic E-state index is 15.1. The van der Waals surface area contributed by atoms with Gasteiger partial charge >= 0.3 is 5.97 Å². The molecule has 1 atom stereocenters. The molecule has 0 spiro atoms. The van der Waals surface area contributed by atoms with Crippen LogP contribution in [0.4, 0.5) is 4.39 Å². The maximum Gasteiger partial charge on any atom is 0.336 e. The number of H-pyrrole nitrogens is 1. The van der Waals surface area contributed by atoms with E-state index in [2.05, 4.69) is 9.97 Å². The molecule has 174 valence electrons. The summed E-state index contributed by atoms with van der Waals surface area (Å²) in [4.78, 5) is 18.9. The van der Waals surface area contributed by atoms with Crippen LogP contribution in [-0.2, 0) is 13.0 Å². The van der Waals surface area contributed by atoms with E-state index in [0.717, 1.165) is 11.1 Å². The molecule has 0 fully saturated rings. The Morgan fingerprint density at radius 1 is 1.32 bits per heavy atom. The van der Waals surface area contributed by atoms with Gasteiger partial charge in [0.15, 0.2) is 0 Å². The number of ether oxygens (including phenoxy) is 1. The summed E-state index contributed by atoms with van der Waals surface area (Å²) >= 11 is 6.56. The summed E-state index contributed by atoms with van der Waals surface area (Å²) in [6, 6.07) is 10.1.